The Morgan fingerprint density at radius 3 is 2.72 bits per heavy atom. The number of carbonyl (C=O) groups excluding carboxylic acids is 2. The van der Waals surface area contributed by atoms with E-state index >= 15 is 0 Å². The van der Waals surface area contributed by atoms with Crippen molar-refractivity contribution in [2.75, 3.05) is 26.8 Å². The van der Waals surface area contributed by atoms with Gasteiger partial charge in [-0.25, -0.2) is 0 Å². The van der Waals surface area contributed by atoms with Crippen molar-refractivity contribution in [2.24, 2.45) is 5.92 Å². The molecular weight excluding hydrogens is 322 g/mol. The van der Waals surface area contributed by atoms with Gasteiger partial charge in [0.2, 0.25) is 5.91 Å². The number of furan rings is 1. The highest BCUT2D eigenvalue weighted by molar-refractivity contribution is 5.88. The lowest BCUT2D eigenvalue weighted by Crippen LogP contribution is -2.41. The van der Waals surface area contributed by atoms with E-state index in [0.717, 1.165) is 16.7 Å². The molecule has 0 radical (unpaired) electrons. The van der Waals surface area contributed by atoms with Gasteiger partial charge in [-0.05, 0) is 31.9 Å². The first-order chi connectivity index (χ1) is 12.1. The number of methoxy groups -OCH3 is 1. The molecule has 2 heterocycles. The SMILES string of the molecule is CCOC(=O)C1CCN(C(=O)Cc2coc3cc(OC)ccc23)CC1. The smallest absolute Gasteiger partial charge is 0.309 e. The van der Waals surface area contributed by atoms with E-state index < -0.39 is 0 Å². The third-order valence-electron chi connectivity index (χ3n) is 4.67. The second-order valence-corrected chi connectivity index (χ2v) is 6.21. The minimum atomic E-state index is -0.149. The Morgan fingerprint density at radius 2 is 2.04 bits per heavy atom. The maximum absolute atomic E-state index is 12.6. The highest BCUT2D eigenvalue weighted by atomic mass is 16.5. The number of piperidine rings is 1. The quantitative estimate of drug-likeness (QED) is 0.780. The number of hydrogen-bond acceptors (Lipinski definition) is 5. The van der Waals surface area contributed by atoms with Crippen LogP contribution in [0.3, 0.4) is 0 Å². The molecule has 0 atom stereocenters. The van der Waals surface area contributed by atoms with Crippen molar-refractivity contribution in [1.82, 2.24) is 4.90 Å². The molecule has 1 saturated heterocycles. The van der Waals surface area contributed by atoms with Crippen molar-refractivity contribution in [3.8, 4) is 5.75 Å². The van der Waals surface area contributed by atoms with Crippen LogP contribution in [0.1, 0.15) is 25.3 Å². The average molecular weight is 345 g/mol. The van der Waals surface area contributed by atoms with E-state index in [-0.39, 0.29) is 17.8 Å². The number of nitrogens with zero attached hydrogens (tertiary/aromatic N) is 1. The molecule has 6 heteroatoms. The molecule has 0 spiro atoms. The van der Waals surface area contributed by atoms with Crippen LogP contribution in [-0.4, -0.2) is 43.6 Å². The number of benzene rings is 1. The second kappa shape index (κ2) is 7.59. The van der Waals surface area contributed by atoms with Crippen LogP contribution in [0.2, 0.25) is 0 Å². The summed E-state index contributed by atoms with van der Waals surface area (Å²) in [5.41, 5.74) is 1.58. The van der Waals surface area contributed by atoms with E-state index in [2.05, 4.69) is 0 Å². The molecule has 25 heavy (non-hydrogen) atoms. The van der Waals surface area contributed by atoms with Crippen LogP contribution in [0, 0.1) is 5.92 Å². The fraction of sp³-hybridized carbons (Fsp3) is 0.474. The summed E-state index contributed by atoms with van der Waals surface area (Å²) in [7, 11) is 1.61. The summed E-state index contributed by atoms with van der Waals surface area (Å²) in [6.07, 6.45) is 3.25. The first kappa shape index (κ1) is 17.3. The molecule has 1 aliphatic rings. The molecule has 1 fully saturated rings. The van der Waals surface area contributed by atoms with Crippen LogP contribution in [-0.2, 0) is 20.7 Å². The Hall–Kier alpha value is -2.50. The molecule has 0 bridgehead atoms. The number of likely N-dealkylation sites (tertiary alicyclic amines) is 1. The van der Waals surface area contributed by atoms with Crippen molar-refractivity contribution in [2.45, 2.75) is 26.2 Å². The van der Waals surface area contributed by atoms with E-state index in [0.29, 0.717) is 44.5 Å². The third kappa shape index (κ3) is 3.78. The Labute approximate surface area is 146 Å². The zero-order valence-corrected chi connectivity index (χ0v) is 14.6. The molecule has 1 aromatic heterocycles. The predicted molar refractivity (Wildman–Crippen MR) is 92.4 cm³/mol. The van der Waals surface area contributed by atoms with E-state index in [1.807, 2.05) is 23.1 Å². The molecule has 1 aliphatic heterocycles. The van der Waals surface area contributed by atoms with Gasteiger partial charge in [-0.2, -0.15) is 0 Å². The van der Waals surface area contributed by atoms with Gasteiger partial charge in [0.15, 0.2) is 0 Å². The molecule has 6 nitrogen and oxygen atoms in total. The fourth-order valence-corrected chi connectivity index (χ4v) is 3.23. The number of fused-ring (bicyclic) bond motifs is 1. The van der Waals surface area contributed by atoms with E-state index in [1.165, 1.54) is 0 Å². The maximum Gasteiger partial charge on any atom is 0.309 e. The predicted octanol–water partition coefficient (Wildman–Crippen LogP) is 2.79. The van der Waals surface area contributed by atoms with Crippen LogP contribution in [0.15, 0.2) is 28.9 Å². The summed E-state index contributed by atoms with van der Waals surface area (Å²) in [6.45, 7) is 3.38. The Morgan fingerprint density at radius 1 is 1.28 bits per heavy atom. The molecule has 0 saturated carbocycles. The van der Waals surface area contributed by atoms with Gasteiger partial charge in [0, 0.05) is 30.1 Å². The summed E-state index contributed by atoms with van der Waals surface area (Å²) >= 11 is 0. The van der Waals surface area contributed by atoms with E-state index in [1.54, 1.807) is 20.3 Å². The molecule has 1 aromatic carbocycles. The van der Waals surface area contributed by atoms with Crippen molar-refractivity contribution in [1.29, 1.82) is 0 Å². The Balaban J connectivity index is 1.61. The number of rotatable bonds is 5. The lowest BCUT2D eigenvalue weighted by Gasteiger charge is -2.30. The molecule has 1 amide bonds. The number of esters is 1. The van der Waals surface area contributed by atoms with Gasteiger partial charge in [-0.1, -0.05) is 0 Å². The Kier molecular flexibility index (Phi) is 5.26. The van der Waals surface area contributed by atoms with Gasteiger partial charge in [0.05, 0.1) is 32.3 Å². The minimum absolute atomic E-state index is 0.0563. The molecule has 2 aromatic rings. The first-order valence-corrected chi connectivity index (χ1v) is 8.61. The molecular formula is C19H23NO5. The summed E-state index contributed by atoms with van der Waals surface area (Å²) in [4.78, 5) is 26.2. The summed E-state index contributed by atoms with van der Waals surface area (Å²) in [5.74, 6) is 0.539. The summed E-state index contributed by atoms with van der Waals surface area (Å²) in [5, 5.41) is 0.926. The van der Waals surface area contributed by atoms with Crippen molar-refractivity contribution in [3.05, 3.63) is 30.0 Å². The van der Waals surface area contributed by atoms with Gasteiger partial charge in [0.25, 0.3) is 0 Å². The Bertz CT molecular complexity index is 758. The van der Waals surface area contributed by atoms with Crippen LogP contribution in [0.5, 0.6) is 5.75 Å². The van der Waals surface area contributed by atoms with Gasteiger partial charge in [-0.3, -0.25) is 9.59 Å². The number of amides is 1. The highest BCUT2D eigenvalue weighted by Crippen LogP contribution is 2.27. The fourth-order valence-electron chi connectivity index (χ4n) is 3.23. The summed E-state index contributed by atoms with van der Waals surface area (Å²) < 4.78 is 15.8. The minimum Gasteiger partial charge on any atom is -0.497 e. The number of ether oxygens (including phenoxy) is 2. The summed E-state index contributed by atoms with van der Waals surface area (Å²) in [6, 6.07) is 5.58. The lowest BCUT2D eigenvalue weighted by molar-refractivity contribution is -0.151. The van der Waals surface area contributed by atoms with E-state index in [9.17, 15) is 9.59 Å². The molecule has 0 aliphatic carbocycles. The van der Waals surface area contributed by atoms with E-state index in [4.69, 9.17) is 13.9 Å². The van der Waals surface area contributed by atoms with Crippen LogP contribution < -0.4 is 4.74 Å². The monoisotopic (exact) mass is 345 g/mol. The third-order valence-corrected chi connectivity index (χ3v) is 4.67. The normalized spacial score (nSPS) is 15.4. The first-order valence-electron chi connectivity index (χ1n) is 8.61. The largest absolute Gasteiger partial charge is 0.497 e. The molecule has 3 rings (SSSR count). The van der Waals surface area contributed by atoms with Crippen LogP contribution in [0.4, 0.5) is 0 Å². The zero-order chi connectivity index (χ0) is 17.8. The maximum atomic E-state index is 12.6. The lowest BCUT2D eigenvalue weighted by atomic mass is 9.96. The van der Waals surface area contributed by atoms with Crippen molar-refractivity contribution >= 4 is 22.8 Å². The van der Waals surface area contributed by atoms with Gasteiger partial charge < -0.3 is 18.8 Å². The molecule has 0 unspecified atom stereocenters. The topological polar surface area (TPSA) is 69.0 Å². The highest BCUT2D eigenvalue weighted by Gasteiger charge is 2.28. The number of carbonyl (C=O) groups is 2. The van der Waals surface area contributed by atoms with Crippen molar-refractivity contribution < 1.29 is 23.5 Å². The van der Waals surface area contributed by atoms with Gasteiger partial charge in [0.1, 0.15) is 11.3 Å². The molecule has 0 N–H and O–H groups in total. The van der Waals surface area contributed by atoms with Crippen molar-refractivity contribution in [3.63, 3.8) is 0 Å². The average Bonchev–Trinajstić information content (AvgIpc) is 3.04. The van der Waals surface area contributed by atoms with Crippen LogP contribution in [0.25, 0.3) is 11.0 Å². The second-order valence-electron chi connectivity index (χ2n) is 6.21. The number of hydrogen-bond donors (Lipinski definition) is 0. The molecule has 134 valence electrons. The van der Waals surface area contributed by atoms with Gasteiger partial charge >= 0.3 is 5.97 Å². The van der Waals surface area contributed by atoms with Gasteiger partial charge in [-0.15, -0.1) is 0 Å². The standard InChI is InChI=1S/C19H23NO5/c1-3-24-19(22)13-6-8-20(9-7-13)18(21)10-14-12-25-17-11-15(23-2)4-5-16(14)17/h4-5,11-13H,3,6-10H2,1-2H3. The van der Waals surface area contributed by atoms with Crippen LogP contribution >= 0.6 is 0 Å². The zero-order valence-electron chi connectivity index (χ0n) is 14.6.